The van der Waals surface area contributed by atoms with E-state index < -0.39 is 0 Å². The molecule has 4 aromatic rings. The van der Waals surface area contributed by atoms with Crippen molar-refractivity contribution in [2.75, 3.05) is 19.5 Å². The first-order valence-corrected chi connectivity index (χ1v) is 8.92. The minimum absolute atomic E-state index is 0.308. The Morgan fingerprint density at radius 3 is 2.48 bits per heavy atom. The van der Waals surface area contributed by atoms with E-state index in [0.29, 0.717) is 39.9 Å². The van der Waals surface area contributed by atoms with Crippen LogP contribution in [0, 0.1) is 0 Å². The monoisotopic (exact) mass is 389 g/mol. The molecule has 29 heavy (non-hydrogen) atoms. The third-order valence-electron chi connectivity index (χ3n) is 4.47. The molecular formula is C22H19N3O4. The lowest BCUT2D eigenvalue weighted by Crippen LogP contribution is -2.13. The van der Waals surface area contributed by atoms with Gasteiger partial charge in [-0.1, -0.05) is 30.3 Å². The maximum absolute atomic E-state index is 13.0. The van der Waals surface area contributed by atoms with Gasteiger partial charge in [0, 0.05) is 11.1 Å². The van der Waals surface area contributed by atoms with Crippen LogP contribution < -0.4 is 14.8 Å². The SMILES string of the molecule is COc1ccc(C(=O)Nc2c(-c3ccccc3)n[nH]c2-c2ccco2)cc1OC. The number of nitrogens with one attached hydrogen (secondary N) is 2. The standard InChI is InChI=1S/C22H19N3O4/c1-27-16-11-10-15(13-18(16)28-2)22(26)23-21-19(14-7-4-3-5-8-14)24-25-20(21)17-9-6-12-29-17/h3-13H,1-2H3,(H,23,26)(H,24,25). The summed E-state index contributed by atoms with van der Waals surface area (Å²) in [6, 6.07) is 18.2. The molecule has 0 radical (unpaired) electrons. The first-order chi connectivity index (χ1) is 14.2. The van der Waals surface area contributed by atoms with Crippen molar-refractivity contribution in [3.05, 3.63) is 72.5 Å². The highest BCUT2D eigenvalue weighted by Crippen LogP contribution is 2.36. The smallest absolute Gasteiger partial charge is 0.255 e. The van der Waals surface area contributed by atoms with Crippen LogP contribution in [0.1, 0.15) is 10.4 Å². The Labute approximate surface area is 167 Å². The molecule has 2 aromatic heterocycles. The van der Waals surface area contributed by atoms with E-state index >= 15 is 0 Å². The van der Waals surface area contributed by atoms with E-state index in [4.69, 9.17) is 13.9 Å². The van der Waals surface area contributed by atoms with Gasteiger partial charge in [0.15, 0.2) is 17.3 Å². The molecule has 2 aromatic carbocycles. The maximum atomic E-state index is 13.0. The largest absolute Gasteiger partial charge is 0.493 e. The average molecular weight is 389 g/mol. The fourth-order valence-corrected chi connectivity index (χ4v) is 3.03. The summed E-state index contributed by atoms with van der Waals surface area (Å²) in [5.74, 6) is 1.29. The Kier molecular flexibility index (Phi) is 5.03. The first kappa shape index (κ1) is 18.4. The zero-order chi connectivity index (χ0) is 20.2. The van der Waals surface area contributed by atoms with Gasteiger partial charge in [-0.3, -0.25) is 9.89 Å². The number of H-pyrrole nitrogens is 1. The van der Waals surface area contributed by atoms with Gasteiger partial charge in [-0.2, -0.15) is 5.10 Å². The molecule has 146 valence electrons. The number of nitrogens with zero attached hydrogens (tertiary/aromatic N) is 1. The Hall–Kier alpha value is -4.00. The second kappa shape index (κ2) is 7.93. The summed E-state index contributed by atoms with van der Waals surface area (Å²) >= 11 is 0. The summed E-state index contributed by atoms with van der Waals surface area (Å²) < 4.78 is 16.0. The summed E-state index contributed by atoms with van der Waals surface area (Å²) in [7, 11) is 3.07. The fourth-order valence-electron chi connectivity index (χ4n) is 3.03. The van der Waals surface area contributed by atoms with Crippen molar-refractivity contribution in [3.8, 4) is 34.2 Å². The van der Waals surface area contributed by atoms with Crippen molar-refractivity contribution in [1.29, 1.82) is 0 Å². The lowest BCUT2D eigenvalue weighted by atomic mass is 10.1. The van der Waals surface area contributed by atoms with Crippen LogP contribution in [-0.4, -0.2) is 30.3 Å². The number of amides is 1. The zero-order valence-electron chi connectivity index (χ0n) is 15.9. The molecule has 0 aliphatic heterocycles. The molecule has 2 heterocycles. The van der Waals surface area contributed by atoms with Gasteiger partial charge >= 0.3 is 0 Å². The van der Waals surface area contributed by atoms with Gasteiger partial charge in [-0.15, -0.1) is 0 Å². The highest BCUT2D eigenvalue weighted by atomic mass is 16.5. The summed E-state index contributed by atoms with van der Waals surface area (Å²) in [4.78, 5) is 13.0. The fraction of sp³-hybridized carbons (Fsp3) is 0.0909. The Balaban J connectivity index is 1.74. The van der Waals surface area contributed by atoms with Crippen LogP contribution in [0.25, 0.3) is 22.7 Å². The number of hydrogen-bond acceptors (Lipinski definition) is 5. The van der Waals surface area contributed by atoms with Crippen LogP contribution in [0.15, 0.2) is 71.3 Å². The van der Waals surface area contributed by atoms with Gasteiger partial charge in [0.1, 0.15) is 11.4 Å². The van der Waals surface area contributed by atoms with E-state index in [9.17, 15) is 4.79 Å². The van der Waals surface area contributed by atoms with E-state index in [2.05, 4.69) is 15.5 Å². The Morgan fingerprint density at radius 2 is 1.79 bits per heavy atom. The number of anilines is 1. The number of aromatic amines is 1. The molecule has 0 spiro atoms. The second-order valence-corrected chi connectivity index (χ2v) is 6.19. The van der Waals surface area contributed by atoms with Crippen molar-refractivity contribution in [2.24, 2.45) is 0 Å². The van der Waals surface area contributed by atoms with Gasteiger partial charge in [-0.05, 0) is 30.3 Å². The number of hydrogen-bond donors (Lipinski definition) is 2. The van der Waals surface area contributed by atoms with Crippen molar-refractivity contribution in [3.63, 3.8) is 0 Å². The summed E-state index contributed by atoms with van der Waals surface area (Å²) in [5.41, 5.74) is 3.02. The summed E-state index contributed by atoms with van der Waals surface area (Å²) in [6.07, 6.45) is 1.57. The van der Waals surface area contributed by atoms with E-state index in [1.807, 2.05) is 30.3 Å². The predicted molar refractivity (Wildman–Crippen MR) is 109 cm³/mol. The molecular weight excluding hydrogens is 370 g/mol. The maximum Gasteiger partial charge on any atom is 0.255 e. The van der Waals surface area contributed by atoms with Crippen molar-refractivity contribution >= 4 is 11.6 Å². The normalized spacial score (nSPS) is 10.6. The second-order valence-electron chi connectivity index (χ2n) is 6.19. The van der Waals surface area contributed by atoms with Crippen LogP contribution >= 0.6 is 0 Å². The molecule has 0 saturated heterocycles. The lowest BCUT2D eigenvalue weighted by Gasteiger charge is -2.11. The minimum Gasteiger partial charge on any atom is -0.493 e. The quantitative estimate of drug-likeness (QED) is 0.503. The van der Waals surface area contributed by atoms with Gasteiger partial charge in [0.05, 0.1) is 26.2 Å². The highest BCUT2D eigenvalue weighted by Gasteiger charge is 2.21. The van der Waals surface area contributed by atoms with E-state index in [1.54, 1.807) is 43.7 Å². The van der Waals surface area contributed by atoms with Gasteiger partial charge in [0.2, 0.25) is 0 Å². The molecule has 0 fully saturated rings. The molecule has 7 nitrogen and oxygen atoms in total. The number of methoxy groups -OCH3 is 2. The first-order valence-electron chi connectivity index (χ1n) is 8.92. The topological polar surface area (TPSA) is 89.4 Å². The van der Waals surface area contributed by atoms with Crippen LogP contribution in [0.4, 0.5) is 5.69 Å². The molecule has 2 N–H and O–H groups in total. The molecule has 4 rings (SSSR count). The van der Waals surface area contributed by atoms with E-state index in [1.165, 1.54) is 7.11 Å². The Morgan fingerprint density at radius 1 is 1.00 bits per heavy atom. The van der Waals surface area contributed by atoms with Crippen molar-refractivity contribution in [1.82, 2.24) is 10.2 Å². The number of benzene rings is 2. The molecule has 0 bridgehead atoms. The molecule has 0 unspecified atom stereocenters. The number of carbonyl (C=O) groups excluding carboxylic acids is 1. The van der Waals surface area contributed by atoms with Crippen LogP contribution in [0.5, 0.6) is 11.5 Å². The zero-order valence-corrected chi connectivity index (χ0v) is 15.9. The number of furan rings is 1. The molecule has 0 saturated carbocycles. The molecule has 0 atom stereocenters. The number of carbonyl (C=O) groups is 1. The van der Waals surface area contributed by atoms with Crippen LogP contribution in [0.3, 0.4) is 0 Å². The molecule has 1 amide bonds. The molecule has 0 aliphatic carbocycles. The minimum atomic E-state index is -0.308. The van der Waals surface area contributed by atoms with Crippen LogP contribution in [0.2, 0.25) is 0 Å². The lowest BCUT2D eigenvalue weighted by molar-refractivity contribution is 0.102. The van der Waals surface area contributed by atoms with Crippen molar-refractivity contribution < 1.29 is 18.7 Å². The van der Waals surface area contributed by atoms with Crippen LogP contribution in [-0.2, 0) is 0 Å². The van der Waals surface area contributed by atoms with Gasteiger partial charge in [0.25, 0.3) is 5.91 Å². The Bertz CT molecular complexity index is 1120. The highest BCUT2D eigenvalue weighted by molar-refractivity contribution is 6.08. The van der Waals surface area contributed by atoms with E-state index in [0.717, 1.165) is 5.56 Å². The number of rotatable bonds is 6. The average Bonchev–Trinajstić information content (AvgIpc) is 3.43. The molecule has 0 aliphatic rings. The van der Waals surface area contributed by atoms with Gasteiger partial charge < -0.3 is 19.2 Å². The van der Waals surface area contributed by atoms with Crippen molar-refractivity contribution in [2.45, 2.75) is 0 Å². The summed E-state index contributed by atoms with van der Waals surface area (Å²) in [5, 5.41) is 10.3. The predicted octanol–water partition coefficient (Wildman–Crippen LogP) is 4.61. The third-order valence-corrected chi connectivity index (χ3v) is 4.47. The number of ether oxygens (including phenoxy) is 2. The van der Waals surface area contributed by atoms with Gasteiger partial charge in [-0.25, -0.2) is 0 Å². The number of aromatic nitrogens is 2. The summed E-state index contributed by atoms with van der Waals surface area (Å²) in [6.45, 7) is 0. The molecule has 7 heteroatoms. The third kappa shape index (κ3) is 3.58. The van der Waals surface area contributed by atoms with E-state index in [-0.39, 0.29) is 5.91 Å².